The van der Waals surface area contributed by atoms with E-state index in [2.05, 4.69) is 25.9 Å². The first-order valence-corrected chi connectivity index (χ1v) is 18.2. The molecule has 2 amide bonds. The first kappa shape index (κ1) is 37.6. The number of fused-ring (bicyclic) bond motifs is 1. The second-order valence-corrected chi connectivity index (χ2v) is 13.8. The fourth-order valence-corrected chi connectivity index (χ4v) is 6.18. The van der Waals surface area contributed by atoms with Gasteiger partial charge in [-0.1, -0.05) is 120 Å². The summed E-state index contributed by atoms with van der Waals surface area (Å²) in [7, 11) is 0.276. The molecule has 0 aliphatic carbocycles. The maximum Gasteiger partial charge on any atom is 0.294 e. The standard InChI is InChI=1S/C29H48N2O2.C7H8O3S/c1-4-5-6-7-8-9-10-11-12-13-14-15-16-20-25(30(2)3)21-19-24-31-28(32)26-22-17-18-23-27(26)29(31)33;1-6-2-4-7(5-3-6)11(8,9)10/h17-18,22-23,25H,4-16,19-21,24H2,1-3H3;2-5H,1H3,(H,8,9,10). The third-order valence-electron chi connectivity index (χ3n) is 8.49. The molecule has 1 aliphatic rings. The summed E-state index contributed by atoms with van der Waals surface area (Å²) in [6, 6.07) is 13.7. The molecule has 8 heteroatoms. The first-order chi connectivity index (χ1) is 21.1. The summed E-state index contributed by atoms with van der Waals surface area (Å²) >= 11 is 0. The van der Waals surface area contributed by atoms with Crippen molar-refractivity contribution in [3.63, 3.8) is 0 Å². The zero-order valence-electron chi connectivity index (χ0n) is 27.6. The molecule has 0 fully saturated rings. The molecule has 0 radical (unpaired) electrons. The van der Waals surface area contributed by atoms with Gasteiger partial charge in [-0.15, -0.1) is 0 Å². The molecule has 0 saturated carbocycles. The van der Waals surface area contributed by atoms with Gasteiger partial charge in [0.25, 0.3) is 21.9 Å². The zero-order valence-corrected chi connectivity index (χ0v) is 28.4. The van der Waals surface area contributed by atoms with E-state index in [-0.39, 0.29) is 16.7 Å². The van der Waals surface area contributed by atoms with Crippen LogP contribution in [0.1, 0.15) is 136 Å². The maximum atomic E-state index is 12.5. The molecule has 0 spiro atoms. The molecule has 1 aliphatic heterocycles. The Morgan fingerprint density at radius 3 is 1.55 bits per heavy atom. The normalized spacial score (nSPS) is 13.6. The van der Waals surface area contributed by atoms with Crippen molar-refractivity contribution in [1.29, 1.82) is 0 Å². The summed E-state index contributed by atoms with van der Waals surface area (Å²) in [6.45, 7) is 4.64. The largest absolute Gasteiger partial charge is 0.306 e. The van der Waals surface area contributed by atoms with Crippen LogP contribution in [-0.2, 0) is 10.1 Å². The van der Waals surface area contributed by atoms with Crippen LogP contribution in [0.3, 0.4) is 0 Å². The predicted molar refractivity (Wildman–Crippen MR) is 180 cm³/mol. The molecule has 246 valence electrons. The van der Waals surface area contributed by atoms with E-state index >= 15 is 0 Å². The molecular weight excluding hydrogens is 572 g/mol. The smallest absolute Gasteiger partial charge is 0.294 e. The SMILES string of the molecule is CCCCCCCCCCCCCCCC(CCCN1C(=O)c2ccccc2C1=O)N(C)C.Cc1ccc(S(=O)(=O)O)cc1. The summed E-state index contributed by atoms with van der Waals surface area (Å²) in [5.74, 6) is -0.262. The van der Waals surface area contributed by atoms with Crippen LogP contribution in [0.25, 0.3) is 0 Å². The second kappa shape index (κ2) is 20.5. The number of rotatable bonds is 20. The maximum absolute atomic E-state index is 12.5. The molecule has 3 rings (SSSR count). The number of carbonyl (C=O) groups is 2. The van der Waals surface area contributed by atoms with Gasteiger partial charge >= 0.3 is 0 Å². The highest BCUT2D eigenvalue weighted by Gasteiger charge is 2.34. The molecule has 44 heavy (non-hydrogen) atoms. The molecule has 1 N–H and O–H groups in total. The summed E-state index contributed by atoms with van der Waals surface area (Å²) in [6.07, 6.45) is 21.1. The molecule has 2 aromatic rings. The fourth-order valence-electron chi connectivity index (χ4n) is 5.70. The minimum absolute atomic E-state index is 0.0666. The van der Waals surface area contributed by atoms with Gasteiger partial charge in [0, 0.05) is 12.6 Å². The van der Waals surface area contributed by atoms with E-state index in [9.17, 15) is 18.0 Å². The Morgan fingerprint density at radius 2 is 1.11 bits per heavy atom. The van der Waals surface area contributed by atoms with Crippen molar-refractivity contribution >= 4 is 21.9 Å². The Labute approximate surface area is 267 Å². The Balaban J connectivity index is 0.000000514. The Kier molecular flexibility index (Phi) is 17.5. The van der Waals surface area contributed by atoms with Gasteiger partial charge in [0.1, 0.15) is 0 Å². The number of unbranched alkanes of at least 4 members (excludes halogenated alkanes) is 12. The van der Waals surface area contributed by atoms with Gasteiger partial charge in [0.2, 0.25) is 0 Å². The Hall–Kier alpha value is -2.55. The lowest BCUT2D eigenvalue weighted by Crippen LogP contribution is -2.33. The van der Waals surface area contributed by atoms with Crippen molar-refractivity contribution in [3.05, 3.63) is 65.2 Å². The third-order valence-corrected chi connectivity index (χ3v) is 9.36. The van der Waals surface area contributed by atoms with E-state index in [0.29, 0.717) is 23.7 Å². The van der Waals surface area contributed by atoms with Gasteiger partial charge in [-0.2, -0.15) is 8.42 Å². The van der Waals surface area contributed by atoms with Crippen molar-refractivity contribution < 1.29 is 22.6 Å². The molecule has 7 nitrogen and oxygen atoms in total. The summed E-state index contributed by atoms with van der Waals surface area (Å²) in [5, 5.41) is 0. The van der Waals surface area contributed by atoms with Crippen molar-refractivity contribution in [2.45, 2.75) is 128 Å². The van der Waals surface area contributed by atoms with Crippen molar-refractivity contribution in [1.82, 2.24) is 9.80 Å². The van der Waals surface area contributed by atoms with Crippen LogP contribution in [0.15, 0.2) is 53.4 Å². The molecule has 1 heterocycles. The number of hydrogen-bond acceptors (Lipinski definition) is 5. The van der Waals surface area contributed by atoms with Crippen LogP contribution < -0.4 is 0 Å². The lowest BCUT2D eigenvalue weighted by Gasteiger charge is -2.25. The Bertz CT molecular complexity index is 1190. The summed E-state index contributed by atoms with van der Waals surface area (Å²) in [4.78, 5) is 28.7. The van der Waals surface area contributed by atoms with Crippen LogP contribution in [0, 0.1) is 6.92 Å². The van der Waals surface area contributed by atoms with E-state index in [4.69, 9.17) is 4.55 Å². The lowest BCUT2D eigenvalue weighted by atomic mass is 10.0. The minimum Gasteiger partial charge on any atom is -0.306 e. The summed E-state index contributed by atoms with van der Waals surface area (Å²) < 4.78 is 29.6. The van der Waals surface area contributed by atoms with E-state index < -0.39 is 10.1 Å². The number of aryl methyl sites for hydroxylation is 1. The minimum atomic E-state index is -4.02. The average molecular weight is 629 g/mol. The topological polar surface area (TPSA) is 95.0 Å². The van der Waals surface area contributed by atoms with Crippen molar-refractivity contribution in [3.8, 4) is 0 Å². The predicted octanol–water partition coefficient (Wildman–Crippen LogP) is 8.72. The fraction of sp³-hybridized carbons (Fsp3) is 0.611. The molecular formula is C36H56N2O5S. The highest BCUT2D eigenvalue weighted by atomic mass is 32.2. The monoisotopic (exact) mass is 628 g/mol. The number of carbonyl (C=O) groups excluding carboxylic acids is 2. The number of hydrogen-bond donors (Lipinski definition) is 1. The quantitative estimate of drug-likeness (QED) is 0.0895. The molecule has 2 aromatic carbocycles. The van der Waals surface area contributed by atoms with E-state index in [1.807, 2.05) is 19.1 Å². The van der Waals surface area contributed by atoms with Gasteiger partial charge < -0.3 is 4.90 Å². The number of imide groups is 1. The highest BCUT2D eigenvalue weighted by Crippen LogP contribution is 2.23. The number of nitrogens with zero attached hydrogens (tertiary/aromatic N) is 2. The molecule has 0 bridgehead atoms. The van der Waals surface area contributed by atoms with Gasteiger partial charge in [0.15, 0.2) is 0 Å². The molecule has 1 atom stereocenters. The van der Waals surface area contributed by atoms with Gasteiger partial charge in [-0.05, 0) is 64.5 Å². The summed E-state index contributed by atoms with van der Waals surface area (Å²) in [5.41, 5.74) is 2.06. The van der Waals surface area contributed by atoms with E-state index in [1.54, 1.807) is 24.3 Å². The third kappa shape index (κ3) is 13.6. The van der Waals surface area contributed by atoms with Crippen molar-refractivity contribution in [2.75, 3.05) is 20.6 Å². The first-order valence-electron chi connectivity index (χ1n) is 16.7. The van der Waals surface area contributed by atoms with Crippen LogP contribution in [0.5, 0.6) is 0 Å². The van der Waals surface area contributed by atoms with Crippen LogP contribution in [0.4, 0.5) is 0 Å². The highest BCUT2D eigenvalue weighted by molar-refractivity contribution is 7.85. The lowest BCUT2D eigenvalue weighted by molar-refractivity contribution is 0.0648. The van der Waals surface area contributed by atoms with E-state index in [1.165, 1.54) is 107 Å². The number of amides is 2. The van der Waals surface area contributed by atoms with Gasteiger partial charge in [-0.3, -0.25) is 19.0 Å². The van der Waals surface area contributed by atoms with Crippen molar-refractivity contribution in [2.24, 2.45) is 0 Å². The Morgan fingerprint density at radius 1 is 0.682 bits per heavy atom. The molecule has 1 unspecified atom stereocenters. The number of benzene rings is 2. The van der Waals surface area contributed by atoms with Crippen LogP contribution >= 0.6 is 0 Å². The average Bonchev–Trinajstić information content (AvgIpc) is 3.23. The van der Waals surface area contributed by atoms with Gasteiger partial charge in [-0.25, -0.2) is 0 Å². The van der Waals surface area contributed by atoms with Crippen LogP contribution in [0.2, 0.25) is 0 Å². The molecule has 0 aromatic heterocycles. The second-order valence-electron chi connectivity index (χ2n) is 12.4. The molecule has 0 saturated heterocycles. The van der Waals surface area contributed by atoms with Gasteiger partial charge in [0.05, 0.1) is 16.0 Å². The zero-order chi connectivity index (χ0) is 32.4. The van der Waals surface area contributed by atoms with Crippen LogP contribution in [-0.4, -0.2) is 61.3 Å². The van der Waals surface area contributed by atoms with E-state index in [0.717, 1.165) is 18.4 Å².